The third-order valence-corrected chi connectivity index (χ3v) is 4.70. The van der Waals surface area contributed by atoms with Crippen molar-refractivity contribution >= 4 is 29.6 Å². The van der Waals surface area contributed by atoms with Crippen molar-refractivity contribution in [2.24, 2.45) is 10.1 Å². The van der Waals surface area contributed by atoms with Crippen molar-refractivity contribution in [2.75, 3.05) is 0 Å². The Balaban J connectivity index is 2.30. The Kier molecular flexibility index (Phi) is 4.16. The number of halogens is 1. The Morgan fingerprint density at radius 1 is 1.29 bits per heavy atom. The van der Waals surface area contributed by atoms with Crippen LogP contribution in [-0.2, 0) is 0 Å². The van der Waals surface area contributed by atoms with Gasteiger partial charge in [-0.15, -0.1) is 0 Å². The lowest BCUT2D eigenvalue weighted by Crippen LogP contribution is -2.02. The van der Waals surface area contributed by atoms with Gasteiger partial charge >= 0.3 is 0 Å². The summed E-state index contributed by atoms with van der Waals surface area (Å²) in [4.78, 5) is 4.88. The maximum atomic E-state index is 9.70. The number of allylic oxidation sites excluding steroid dienone is 3. The molecule has 122 valence electrons. The summed E-state index contributed by atoms with van der Waals surface area (Å²) < 4.78 is 1.75. The molecule has 1 aromatic carbocycles. The molecule has 0 saturated carbocycles. The highest BCUT2D eigenvalue weighted by Crippen LogP contribution is 2.39. The molecule has 1 N–H and O–H groups in total. The minimum atomic E-state index is -0.263. The number of nitrogens with zero attached hydrogens (tertiary/aromatic N) is 3. The average Bonchev–Trinajstić information content (AvgIpc) is 2.97. The Morgan fingerprint density at radius 2 is 2.04 bits per heavy atom. The molecular weight excluding hydrogens is 322 g/mol. The molecule has 24 heavy (non-hydrogen) atoms. The van der Waals surface area contributed by atoms with Gasteiger partial charge in [-0.05, 0) is 54.8 Å². The van der Waals surface area contributed by atoms with E-state index in [2.05, 4.69) is 18.4 Å². The smallest absolute Gasteiger partial charge is 0.134 e. The number of rotatable bonds is 3. The quantitative estimate of drug-likeness (QED) is 0.800. The predicted molar refractivity (Wildman–Crippen MR) is 100 cm³/mol. The van der Waals surface area contributed by atoms with Gasteiger partial charge in [0.1, 0.15) is 11.8 Å². The van der Waals surface area contributed by atoms with Crippen LogP contribution < -0.4 is 0 Å². The highest BCUT2D eigenvalue weighted by Gasteiger charge is 2.26. The van der Waals surface area contributed by atoms with E-state index in [1.165, 1.54) is 0 Å². The summed E-state index contributed by atoms with van der Waals surface area (Å²) in [6.07, 6.45) is 3.63. The molecule has 0 aliphatic carbocycles. The molecule has 2 heterocycles. The zero-order valence-electron chi connectivity index (χ0n) is 13.6. The molecule has 5 heteroatoms. The lowest BCUT2D eigenvalue weighted by Gasteiger charge is -2.14. The van der Waals surface area contributed by atoms with E-state index in [0.29, 0.717) is 5.02 Å². The Hall–Kier alpha value is -2.59. The van der Waals surface area contributed by atoms with E-state index in [4.69, 9.17) is 16.6 Å². The van der Waals surface area contributed by atoms with Gasteiger partial charge in [0.2, 0.25) is 0 Å². The molecule has 1 unspecified atom stereocenters. The molecule has 4 nitrogen and oxygen atoms in total. The zero-order chi connectivity index (χ0) is 17.4. The fourth-order valence-corrected chi connectivity index (χ4v) is 3.18. The summed E-state index contributed by atoms with van der Waals surface area (Å²) in [6, 6.07) is 6.88. The topological polar surface area (TPSA) is 49.9 Å². The van der Waals surface area contributed by atoms with Crippen LogP contribution in [0.5, 0.6) is 5.75 Å². The first-order chi connectivity index (χ1) is 11.5. The van der Waals surface area contributed by atoms with Crippen LogP contribution in [0.3, 0.4) is 0 Å². The minimum absolute atomic E-state index is 0.0537. The molecule has 1 aliphatic heterocycles. The van der Waals surface area contributed by atoms with Crippen molar-refractivity contribution in [2.45, 2.75) is 19.9 Å². The first-order valence-corrected chi connectivity index (χ1v) is 7.90. The summed E-state index contributed by atoms with van der Waals surface area (Å²) in [5, 5.41) is 14.1. The SMILES string of the molecule is C=CC1=NC(c2ccc(O)c(Cl)c2)c2ccn(N=C)c2C(C)=C1C. The summed E-state index contributed by atoms with van der Waals surface area (Å²) in [6.45, 7) is 11.6. The third kappa shape index (κ3) is 2.49. The van der Waals surface area contributed by atoms with E-state index in [9.17, 15) is 5.11 Å². The molecular formula is C19H18ClN3O. The number of aromatic hydroxyl groups is 1. The van der Waals surface area contributed by atoms with Gasteiger partial charge in [0.25, 0.3) is 0 Å². The van der Waals surface area contributed by atoms with Crippen molar-refractivity contribution in [3.05, 3.63) is 70.5 Å². The van der Waals surface area contributed by atoms with E-state index < -0.39 is 0 Å². The van der Waals surface area contributed by atoms with Gasteiger partial charge in [-0.3, -0.25) is 4.99 Å². The maximum absolute atomic E-state index is 9.70. The molecule has 1 atom stereocenters. The van der Waals surface area contributed by atoms with E-state index in [0.717, 1.165) is 33.7 Å². The highest BCUT2D eigenvalue weighted by atomic mass is 35.5. The van der Waals surface area contributed by atoms with Crippen LogP contribution in [0.4, 0.5) is 0 Å². The third-order valence-electron chi connectivity index (χ3n) is 4.40. The fraction of sp³-hybridized carbons (Fsp3) is 0.158. The lowest BCUT2D eigenvalue weighted by atomic mass is 9.97. The van der Waals surface area contributed by atoms with Crippen LogP contribution in [0.15, 0.2) is 58.8 Å². The number of hydrogen-bond acceptors (Lipinski definition) is 3. The first kappa shape index (κ1) is 16.3. The number of phenols is 1. The predicted octanol–water partition coefficient (Wildman–Crippen LogP) is 4.83. The number of aliphatic imine (C=N–C) groups is 1. The van der Waals surface area contributed by atoms with Crippen molar-refractivity contribution in [1.29, 1.82) is 0 Å². The molecule has 0 fully saturated rings. The second-order valence-corrected chi connectivity index (χ2v) is 6.09. The second-order valence-electron chi connectivity index (χ2n) is 5.69. The van der Waals surface area contributed by atoms with Gasteiger partial charge in [-0.1, -0.05) is 24.2 Å². The average molecular weight is 340 g/mol. The van der Waals surface area contributed by atoms with E-state index >= 15 is 0 Å². The molecule has 0 radical (unpaired) electrons. The molecule has 1 aromatic heterocycles. The molecule has 3 rings (SSSR count). The summed E-state index contributed by atoms with van der Waals surface area (Å²) in [7, 11) is 0. The highest BCUT2D eigenvalue weighted by molar-refractivity contribution is 6.32. The van der Waals surface area contributed by atoms with E-state index in [1.54, 1.807) is 22.9 Å². The van der Waals surface area contributed by atoms with Gasteiger partial charge in [0.05, 0.1) is 16.4 Å². The molecule has 1 aliphatic rings. The van der Waals surface area contributed by atoms with E-state index in [-0.39, 0.29) is 11.8 Å². The fourth-order valence-electron chi connectivity index (χ4n) is 2.99. The van der Waals surface area contributed by atoms with Crippen LogP contribution in [0.1, 0.15) is 36.7 Å². The van der Waals surface area contributed by atoms with E-state index in [1.807, 2.05) is 32.2 Å². The van der Waals surface area contributed by atoms with Gasteiger partial charge in [0, 0.05) is 18.5 Å². The van der Waals surface area contributed by atoms with Gasteiger partial charge < -0.3 is 5.11 Å². The number of benzene rings is 1. The summed E-state index contributed by atoms with van der Waals surface area (Å²) >= 11 is 6.10. The van der Waals surface area contributed by atoms with Crippen molar-refractivity contribution in [3.8, 4) is 5.75 Å². The molecule has 0 spiro atoms. The maximum Gasteiger partial charge on any atom is 0.134 e. The minimum Gasteiger partial charge on any atom is -0.506 e. The van der Waals surface area contributed by atoms with Crippen LogP contribution >= 0.6 is 11.6 Å². The number of phenolic OH excluding ortho intramolecular Hbond substituents is 1. The van der Waals surface area contributed by atoms with Gasteiger partial charge in [-0.2, -0.15) is 5.10 Å². The van der Waals surface area contributed by atoms with Crippen LogP contribution in [0.2, 0.25) is 5.02 Å². The summed E-state index contributed by atoms with van der Waals surface area (Å²) in [5.74, 6) is 0.0537. The van der Waals surface area contributed by atoms with Crippen molar-refractivity contribution in [1.82, 2.24) is 4.68 Å². The molecule has 0 bridgehead atoms. The Labute approximate surface area is 146 Å². The Morgan fingerprint density at radius 3 is 2.67 bits per heavy atom. The first-order valence-electron chi connectivity index (χ1n) is 7.53. The van der Waals surface area contributed by atoms with Crippen LogP contribution in [0, 0.1) is 0 Å². The number of aromatic nitrogens is 1. The molecule has 2 aromatic rings. The number of hydrogen-bond donors (Lipinski definition) is 1. The second kappa shape index (κ2) is 6.13. The van der Waals surface area contributed by atoms with Crippen LogP contribution in [-0.4, -0.2) is 22.2 Å². The van der Waals surface area contributed by atoms with Crippen molar-refractivity contribution in [3.63, 3.8) is 0 Å². The van der Waals surface area contributed by atoms with Crippen LogP contribution in [0.25, 0.3) is 5.57 Å². The molecule has 0 saturated heterocycles. The standard InChI is InChI=1S/C19H18ClN3O/c1-5-16-11(2)12(3)19-14(8-9-23(19)21-4)18(22-16)13-6-7-17(24)15(20)10-13/h5-10,18,24H,1,4H2,2-3H3. The summed E-state index contributed by atoms with van der Waals surface area (Å²) in [5.41, 5.74) is 5.82. The lowest BCUT2D eigenvalue weighted by molar-refractivity contribution is 0.475. The normalized spacial score (nSPS) is 17.1. The van der Waals surface area contributed by atoms with Gasteiger partial charge in [-0.25, -0.2) is 4.68 Å². The van der Waals surface area contributed by atoms with Crippen molar-refractivity contribution < 1.29 is 5.11 Å². The largest absolute Gasteiger partial charge is 0.506 e. The van der Waals surface area contributed by atoms with Gasteiger partial charge in [0.15, 0.2) is 0 Å². The number of fused-ring (bicyclic) bond motifs is 1. The Bertz CT molecular complexity index is 905. The zero-order valence-corrected chi connectivity index (χ0v) is 14.4. The molecule has 0 amide bonds. The monoisotopic (exact) mass is 339 g/mol.